The van der Waals surface area contributed by atoms with Crippen LogP contribution in [0.5, 0.6) is 0 Å². The highest BCUT2D eigenvalue weighted by molar-refractivity contribution is 5.98. The molecule has 1 aromatic rings. The van der Waals surface area contributed by atoms with Crippen LogP contribution in [-0.4, -0.2) is 39.9 Å². The molecule has 2 amide bonds. The molecule has 0 saturated heterocycles. The average molecular weight is 324 g/mol. The zero-order chi connectivity index (χ0) is 18.2. The second-order valence-corrected chi connectivity index (χ2v) is 4.85. The number of benzene rings is 1. The van der Waals surface area contributed by atoms with Gasteiger partial charge in [0.1, 0.15) is 11.6 Å². The number of hydrogen-bond acceptors (Lipinski definition) is 6. The lowest BCUT2D eigenvalue weighted by molar-refractivity contribution is -0.142. The number of hydrogen-bond donors (Lipinski definition) is 4. The van der Waals surface area contributed by atoms with Crippen LogP contribution in [0, 0.1) is 5.92 Å². The normalized spacial score (nSPS) is 11.2. The fourth-order valence-electron chi connectivity index (χ4n) is 1.59. The number of primary amides is 2. The Kier molecular flexibility index (Phi) is 8.38. The number of ketones is 2. The van der Waals surface area contributed by atoms with Crippen LogP contribution >= 0.6 is 0 Å². The Labute approximate surface area is 133 Å². The first kappa shape index (κ1) is 20.4. The van der Waals surface area contributed by atoms with Crippen molar-refractivity contribution in [3.63, 3.8) is 0 Å². The zero-order valence-electron chi connectivity index (χ0n) is 12.9. The van der Waals surface area contributed by atoms with E-state index in [0.29, 0.717) is 0 Å². The molecule has 1 aromatic carbocycles. The molecule has 0 aliphatic carbocycles. The quantitative estimate of drug-likeness (QED) is 0.509. The van der Waals surface area contributed by atoms with E-state index in [1.165, 1.54) is 32.0 Å². The van der Waals surface area contributed by atoms with Crippen molar-refractivity contribution in [1.29, 1.82) is 0 Å². The highest BCUT2D eigenvalue weighted by atomic mass is 16.5. The minimum absolute atomic E-state index is 0.104. The number of Topliss-reactive ketones (excluding diaryl/α,β-unsaturated/α-hetero) is 2. The number of rotatable bonds is 6. The summed E-state index contributed by atoms with van der Waals surface area (Å²) in [6.07, 6.45) is -1.83. The van der Waals surface area contributed by atoms with Gasteiger partial charge in [-0.25, -0.2) is 0 Å². The number of carbonyl (C=O) groups is 4. The lowest BCUT2D eigenvalue weighted by Gasteiger charge is -2.13. The maximum absolute atomic E-state index is 10.6. The van der Waals surface area contributed by atoms with Gasteiger partial charge in [-0.2, -0.15) is 0 Å². The third-order valence-corrected chi connectivity index (χ3v) is 2.82. The summed E-state index contributed by atoms with van der Waals surface area (Å²) in [5.74, 6) is -2.71. The van der Waals surface area contributed by atoms with Gasteiger partial charge in [0, 0.05) is 17.5 Å². The molecule has 0 radical (unpaired) electrons. The predicted octanol–water partition coefficient (Wildman–Crippen LogP) is -0.634. The molecule has 8 nitrogen and oxygen atoms in total. The topological polar surface area (TPSA) is 161 Å². The van der Waals surface area contributed by atoms with Crippen molar-refractivity contribution >= 4 is 23.4 Å². The largest absolute Gasteiger partial charge is 0.367 e. The highest BCUT2D eigenvalue weighted by Gasteiger charge is 2.22. The Balaban J connectivity index is 0.000000423. The first-order valence-corrected chi connectivity index (χ1v) is 6.62. The number of aliphatic hydroxyl groups is 2. The van der Waals surface area contributed by atoms with E-state index in [1.807, 2.05) is 0 Å². The minimum Gasteiger partial charge on any atom is -0.367 e. The molecule has 6 N–H and O–H groups in total. The molecule has 23 heavy (non-hydrogen) atoms. The molecule has 8 heteroatoms. The number of aliphatic hydroxyl groups excluding tert-OH is 1. The Hall–Kier alpha value is -2.58. The summed E-state index contributed by atoms with van der Waals surface area (Å²) in [5.41, 5.74) is 10.6. The molecule has 0 heterocycles. The number of nitrogens with two attached hydrogens (primary N) is 2. The van der Waals surface area contributed by atoms with Gasteiger partial charge in [0.25, 0.3) is 0 Å². The van der Waals surface area contributed by atoms with Gasteiger partial charge in [0.05, 0.1) is 5.92 Å². The van der Waals surface area contributed by atoms with Crippen molar-refractivity contribution in [2.75, 3.05) is 0 Å². The van der Waals surface area contributed by atoms with Crippen molar-refractivity contribution in [3.8, 4) is 0 Å². The van der Waals surface area contributed by atoms with E-state index in [4.69, 9.17) is 21.7 Å². The van der Waals surface area contributed by atoms with Crippen LogP contribution < -0.4 is 11.5 Å². The fraction of sp³-hybridized carbons (Fsp3) is 0.333. The molecule has 0 aliphatic rings. The maximum atomic E-state index is 10.6. The summed E-state index contributed by atoms with van der Waals surface area (Å²) < 4.78 is 0. The molecule has 0 spiro atoms. The van der Waals surface area contributed by atoms with Gasteiger partial charge in [0.15, 0.2) is 6.29 Å². The van der Waals surface area contributed by atoms with Crippen LogP contribution in [0.15, 0.2) is 24.3 Å². The van der Waals surface area contributed by atoms with Crippen molar-refractivity contribution in [2.45, 2.75) is 26.6 Å². The zero-order valence-corrected chi connectivity index (χ0v) is 12.9. The first-order valence-electron chi connectivity index (χ1n) is 6.62. The smallest absolute Gasteiger partial charge is 0.248 e. The van der Waals surface area contributed by atoms with Crippen LogP contribution in [0.1, 0.15) is 41.0 Å². The molecule has 0 aromatic heterocycles. The summed E-state index contributed by atoms with van der Waals surface area (Å²) in [5, 5.41) is 17.2. The Morgan fingerprint density at radius 2 is 1.43 bits per heavy atom. The van der Waals surface area contributed by atoms with Gasteiger partial charge in [-0.05, 0) is 32.0 Å². The van der Waals surface area contributed by atoms with Gasteiger partial charge in [-0.15, -0.1) is 0 Å². The van der Waals surface area contributed by atoms with Gasteiger partial charge < -0.3 is 26.5 Å². The molecule has 1 rings (SSSR count). The molecule has 0 fully saturated rings. The minimum atomic E-state index is -1.73. The highest BCUT2D eigenvalue weighted by Crippen LogP contribution is 2.08. The number of amides is 2. The van der Waals surface area contributed by atoms with Crippen molar-refractivity contribution in [2.24, 2.45) is 17.4 Å². The summed E-state index contributed by atoms with van der Waals surface area (Å²) in [6.45, 7) is 2.53. The van der Waals surface area contributed by atoms with Crippen molar-refractivity contribution in [1.82, 2.24) is 0 Å². The Bertz CT molecular complexity index is 568. The summed E-state index contributed by atoms with van der Waals surface area (Å²) in [6, 6.07) is 5.97. The van der Waals surface area contributed by atoms with E-state index in [-0.39, 0.29) is 29.1 Å². The van der Waals surface area contributed by atoms with E-state index in [1.54, 1.807) is 6.07 Å². The van der Waals surface area contributed by atoms with Crippen molar-refractivity contribution < 1.29 is 29.4 Å². The van der Waals surface area contributed by atoms with Crippen LogP contribution in [0.25, 0.3) is 0 Å². The van der Waals surface area contributed by atoms with E-state index >= 15 is 0 Å². The third-order valence-electron chi connectivity index (χ3n) is 2.82. The van der Waals surface area contributed by atoms with Gasteiger partial charge in [-0.3, -0.25) is 14.4 Å². The third kappa shape index (κ3) is 7.84. The summed E-state index contributed by atoms with van der Waals surface area (Å²) in [4.78, 5) is 42.4. The van der Waals surface area contributed by atoms with Gasteiger partial charge in [-0.1, -0.05) is 6.07 Å². The standard InChI is InChI=1S/C8H8N2O2.C7H12O4/c9-7(11)5-2-1-3-6(4-5)8(10)12;1-4(8)3-6(5(2)9)7(10)11/h1-4H,(H2,9,11)(H2,10,12);6-7,10-11H,3H2,1-2H3. The Morgan fingerprint density at radius 3 is 1.65 bits per heavy atom. The first-order chi connectivity index (χ1) is 10.6. The molecule has 1 atom stereocenters. The van der Waals surface area contributed by atoms with Crippen LogP contribution in [0.4, 0.5) is 0 Å². The average Bonchev–Trinajstić information content (AvgIpc) is 2.44. The monoisotopic (exact) mass is 324 g/mol. The van der Waals surface area contributed by atoms with E-state index < -0.39 is 24.0 Å². The van der Waals surface area contributed by atoms with Crippen molar-refractivity contribution in [3.05, 3.63) is 35.4 Å². The van der Waals surface area contributed by atoms with E-state index in [0.717, 1.165) is 0 Å². The van der Waals surface area contributed by atoms with Gasteiger partial charge in [0.2, 0.25) is 11.8 Å². The van der Waals surface area contributed by atoms with E-state index in [2.05, 4.69) is 0 Å². The lowest BCUT2D eigenvalue weighted by Crippen LogP contribution is -2.27. The van der Waals surface area contributed by atoms with Crippen LogP contribution in [-0.2, 0) is 9.59 Å². The molecular weight excluding hydrogens is 304 g/mol. The molecule has 1 unspecified atom stereocenters. The predicted molar refractivity (Wildman–Crippen MR) is 81.2 cm³/mol. The maximum Gasteiger partial charge on any atom is 0.248 e. The van der Waals surface area contributed by atoms with Gasteiger partial charge >= 0.3 is 0 Å². The second kappa shape index (κ2) is 9.44. The molecule has 0 bridgehead atoms. The lowest BCUT2D eigenvalue weighted by atomic mass is 9.99. The van der Waals surface area contributed by atoms with Crippen LogP contribution in [0.2, 0.25) is 0 Å². The van der Waals surface area contributed by atoms with Crippen LogP contribution in [0.3, 0.4) is 0 Å². The Morgan fingerprint density at radius 1 is 1.00 bits per heavy atom. The summed E-state index contributed by atoms with van der Waals surface area (Å²) in [7, 11) is 0. The number of carbonyl (C=O) groups excluding carboxylic acids is 4. The second-order valence-electron chi connectivity index (χ2n) is 4.85. The fourth-order valence-corrected chi connectivity index (χ4v) is 1.59. The SMILES string of the molecule is CC(=O)CC(C(C)=O)C(O)O.NC(=O)c1cccc(C(N)=O)c1. The molecular formula is C15H20N2O6. The van der Waals surface area contributed by atoms with E-state index in [9.17, 15) is 19.2 Å². The molecule has 126 valence electrons. The molecule has 0 aliphatic heterocycles. The summed E-state index contributed by atoms with van der Waals surface area (Å²) >= 11 is 0. The molecule has 0 saturated carbocycles.